The van der Waals surface area contributed by atoms with Crippen molar-refractivity contribution in [1.82, 2.24) is 10.3 Å². The lowest BCUT2D eigenvalue weighted by Crippen LogP contribution is -2.33. The summed E-state index contributed by atoms with van der Waals surface area (Å²) < 4.78 is 10.5. The number of benzene rings is 2. The van der Waals surface area contributed by atoms with E-state index < -0.39 is 12.1 Å². The predicted molar refractivity (Wildman–Crippen MR) is 107 cm³/mol. The van der Waals surface area contributed by atoms with Crippen LogP contribution >= 0.6 is 0 Å². The number of esters is 1. The zero-order chi connectivity index (χ0) is 20.6. The van der Waals surface area contributed by atoms with Crippen LogP contribution in [0.4, 0.5) is 0 Å². The van der Waals surface area contributed by atoms with Crippen molar-refractivity contribution in [2.24, 2.45) is 0 Å². The summed E-state index contributed by atoms with van der Waals surface area (Å²) in [5.41, 5.74) is 2.67. The van der Waals surface area contributed by atoms with Crippen molar-refractivity contribution in [1.29, 1.82) is 5.26 Å². The molecule has 1 amide bonds. The van der Waals surface area contributed by atoms with Crippen LogP contribution in [-0.4, -0.2) is 36.1 Å². The van der Waals surface area contributed by atoms with Gasteiger partial charge in [-0.15, -0.1) is 0 Å². The van der Waals surface area contributed by atoms with Crippen LogP contribution in [0.2, 0.25) is 0 Å². The topological polar surface area (TPSA) is 104 Å². The number of carbonyl (C=O) groups excluding carboxylic acids is 2. The fourth-order valence-corrected chi connectivity index (χ4v) is 2.84. The molecule has 2 aromatic carbocycles. The molecule has 0 aliphatic heterocycles. The third-order valence-electron chi connectivity index (χ3n) is 4.37. The maximum atomic E-state index is 12.0. The van der Waals surface area contributed by atoms with Crippen LogP contribution in [0.3, 0.4) is 0 Å². The summed E-state index contributed by atoms with van der Waals surface area (Å²) in [6.45, 7) is 1.61. The molecule has 0 aliphatic carbocycles. The Morgan fingerprint density at radius 2 is 1.93 bits per heavy atom. The number of hydrogen-bond acceptors (Lipinski definition) is 5. The molecule has 0 bridgehead atoms. The van der Waals surface area contributed by atoms with Crippen molar-refractivity contribution < 1.29 is 19.1 Å². The number of H-pyrrole nitrogens is 1. The Bertz CT molecular complexity index is 1030. The second-order valence-corrected chi connectivity index (χ2v) is 6.46. The first-order chi connectivity index (χ1) is 14.1. The van der Waals surface area contributed by atoms with Gasteiger partial charge in [0, 0.05) is 23.6 Å². The molecule has 3 rings (SSSR count). The number of rotatable bonds is 8. The minimum absolute atomic E-state index is 0.367. The van der Waals surface area contributed by atoms with Crippen molar-refractivity contribution in [3.05, 3.63) is 65.9 Å². The van der Waals surface area contributed by atoms with Gasteiger partial charge in [-0.05, 0) is 49.2 Å². The van der Waals surface area contributed by atoms with Crippen LogP contribution < -0.4 is 10.1 Å². The fourth-order valence-electron chi connectivity index (χ4n) is 2.84. The molecule has 0 saturated heterocycles. The standard InChI is InChI=1S/C22H21N3O4/c1-15(29-18-8-6-16(12-23)7-9-18)22(27)28-14-21(26)24-11-10-17-13-25-20-5-3-2-4-19(17)20/h2-9,13,15,25H,10-11,14H2,1H3,(H,24,26)/t15-/m1/s1. The second kappa shape index (κ2) is 9.42. The van der Waals surface area contributed by atoms with Gasteiger partial charge in [-0.1, -0.05) is 18.2 Å². The highest BCUT2D eigenvalue weighted by Crippen LogP contribution is 2.17. The SMILES string of the molecule is C[C@@H](Oc1ccc(C#N)cc1)C(=O)OCC(=O)NCCc1c[nH]c2ccccc12. The Hall–Kier alpha value is -3.79. The van der Waals surface area contributed by atoms with E-state index in [4.69, 9.17) is 14.7 Å². The number of aromatic nitrogens is 1. The number of ether oxygens (including phenoxy) is 2. The summed E-state index contributed by atoms with van der Waals surface area (Å²) in [4.78, 5) is 27.1. The first kappa shape index (κ1) is 20.0. The number of carbonyl (C=O) groups is 2. The number of aromatic amines is 1. The minimum Gasteiger partial charge on any atom is -0.479 e. The van der Waals surface area contributed by atoms with E-state index in [1.807, 2.05) is 36.5 Å². The molecule has 1 heterocycles. The molecule has 7 heteroatoms. The molecule has 2 N–H and O–H groups in total. The van der Waals surface area contributed by atoms with Crippen molar-refractivity contribution in [2.75, 3.05) is 13.2 Å². The van der Waals surface area contributed by atoms with E-state index in [1.54, 1.807) is 24.3 Å². The summed E-state index contributed by atoms with van der Waals surface area (Å²) in [6, 6.07) is 16.3. The molecule has 0 unspecified atom stereocenters. The van der Waals surface area contributed by atoms with E-state index in [9.17, 15) is 9.59 Å². The predicted octanol–water partition coefficient (Wildman–Crippen LogP) is 2.71. The molecule has 0 saturated carbocycles. The third kappa shape index (κ3) is 5.36. The Balaban J connectivity index is 1.39. The van der Waals surface area contributed by atoms with Gasteiger partial charge < -0.3 is 19.8 Å². The second-order valence-electron chi connectivity index (χ2n) is 6.46. The highest BCUT2D eigenvalue weighted by atomic mass is 16.6. The van der Waals surface area contributed by atoms with Crippen molar-refractivity contribution in [3.8, 4) is 11.8 Å². The number of nitrogens with zero attached hydrogens (tertiary/aromatic N) is 1. The monoisotopic (exact) mass is 391 g/mol. The smallest absolute Gasteiger partial charge is 0.347 e. The molecule has 1 atom stereocenters. The Kier molecular flexibility index (Phi) is 6.48. The number of para-hydroxylation sites is 1. The van der Waals surface area contributed by atoms with E-state index in [1.165, 1.54) is 6.92 Å². The van der Waals surface area contributed by atoms with Gasteiger partial charge in [0.05, 0.1) is 11.6 Å². The number of hydrogen-bond donors (Lipinski definition) is 2. The average Bonchev–Trinajstić information content (AvgIpc) is 3.15. The maximum absolute atomic E-state index is 12.0. The largest absolute Gasteiger partial charge is 0.479 e. The van der Waals surface area contributed by atoms with Gasteiger partial charge in [-0.25, -0.2) is 4.79 Å². The third-order valence-corrected chi connectivity index (χ3v) is 4.37. The molecule has 1 aromatic heterocycles. The molecule has 3 aromatic rings. The highest BCUT2D eigenvalue weighted by molar-refractivity contribution is 5.83. The Morgan fingerprint density at radius 3 is 2.69 bits per heavy atom. The van der Waals surface area contributed by atoms with Crippen LogP contribution in [-0.2, 0) is 20.7 Å². The van der Waals surface area contributed by atoms with E-state index in [2.05, 4.69) is 10.3 Å². The Labute approximate surface area is 168 Å². The zero-order valence-corrected chi connectivity index (χ0v) is 16.0. The van der Waals surface area contributed by atoms with E-state index in [-0.39, 0.29) is 12.5 Å². The van der Waals surface area contributed by atoms with Gasteiger partial charge in [0.1, 0.15) is 5.75 Å². The molecule has 29 heavy (non-hydrogen) atoms. The lowest BCUT2D eigenvalue weighted by molar-refractivity contribution is -0.154. The van der Waals surface area contributed by atoms with Gasteiger partial charge in [0.25, 0.3) is 5.91 Å². The van der Waals surface area contributed by atoms with Crippen LogP contribution in [0, 0.1) is 11.3 Å². The highest BCUT2D eigenvalue weighted by Gasteiger charge is 2.17. The molecule has 7 nitrogen and oxygen atoms in total. The maximum Gasteiger partial charge on any atom is 0.347 e. The number of nitriles is 1. The van der Waals surface area contributed by atoms with Crippen molar-refractivity contribution in [3.63, 3.8) is 0 Å². The van der Waals surface area contributed by atoms with Crippen LogP contribution in [0.1, 0.15) is 18.1 Å². The summed E-state index contributed by atoms with van der Waals surface area (Å²) in [6.07, 6.45) is 1.72. The zero-order valence-electron chi connectivity index (χ0n) is 16.0. The van der Waals surface area contributed by atoms with E-state index in [0.717, 1.165) is 16.5 Å². The lowest BCUT2D eigenvalue weighted by Gasteiger charge is -2.14. The molecule has 0 radical (unpaired) electrons. The summed E-state index contributed by atoms with van der Waals surface area (Å²) in [7, 11) is 0. The molecule has 0 aliphatic rings. The van der Waals surface area contributed by atoms with Gasteiger partial charge in [0.2, 0.25) is 0 Å². The fraction of sp³-hybridized carbons (Fsp3) is 0.227. The molecule has 0 spiro atoms. The van der Waals surface area contributed by atoms with Crippen molar-refractivity contribution >= 4 is 22.8 Å². The lowest BCUT2D eigenvalue weighted by atomic mass is 10.1. The molecule has 148 valence electrons. The van der Waals surface area contributed by atoms with Gasteiger partial charge in [-0.3, -0.25) is 4.79 Å². The molecular formula is C22H21N3O4. The summed E-state index contributed by atoms with van der Waals surface area (Å²) >= 11 is 0. The summed E-state index contributed by atoms with van der Waals surface area (Å²) in [5, 5.41) is 12.6. The number of fused-ring (bicyclic) bond motifs is 1. The molecular weight excluding hydrogens is 370 g/mol. The van der Waals surface area contributed by atoms with E-state index >= 15 is 0 Å². The first-order valence-electron chi connectivity index (χ1n) is 9.22. The van der Waals surface area contributed by atoms with Crippen LogP contribution in [0.15, 0.2) is 54.7 Å². The van der Waals surface area contributed by atoms with Gasteiger partial charge in [-0.2, -0.15) is 5.26 Å². The Morgan fingerprint density at radius 1 is 1.17 bits per heavy atom. The first-order valence-corrected chi connectivity index (χ1v) is 9.22. The van der Waals surface area contributed by atoms with Crippen LogP contribution in [0.25, 0.3) is 10.9 Å². The normalized spacial score (nSPS) is 11.4. The van der Waals surface area contributed by atoms with Gasteiger partial charge >= 0.3 is 5.97 Å². The average molecular weight is 391 g/mol. The van der Waals surface area contributed by atoms with E-state index in [0.29, 0.717) is 24.3 Å². The number of nitrogens with one attached hydrogen (secondary N) is 2. The van der Waals surface area contributed by atoms with Gasteiger partial charge in [0.15, 0.2) is 12.7 Å². The number of amides is 1. The van der Waals surface area contributed by atoms with Crippen LogP contribution in [0.5, 0.6) is 5.75 Å². The molecule has 0 fully saturated rings. The summed E-state index contributed by atoms with van der Waals surface area (Å²) in [5.74, 6) is -0.568. The quantitative estimate of drug-likeness (QED) is 0.575. The minimum atomic E-state index is -0.873. The van der Waals surface area contributed by atoms with Crippen molar-refractivity contribution in [2.45, 2.75) is 19.4 Å².